The van der Waals surface area contributed by atoms with Crippen molar-refractivity contribution in [2.24, 2.45) is 0 Å². The molecule has 0 unspecified atom stereocenters. The highest BCUT2D eigenvalue weighted by atomic mass is 32.2. The van der Waals surface area contributed by atoms with Gasteiger partial charge in [-0.3, -0.25) is 0 Å². The second-order valence-electron chi connectivity index (χ2n) is 27.0. The molecule has 16 nitrogen and oxygen atoms in total. The topological polar surface area (TPSA) is 135 Å². The van der Waals surface area contributed by atoms with Gasteiger partial charge in [0.1, 0.15) is 22.6 Å². The zero-order valence-electron chi connectivity index (χ0n) is 60.1. The average Bonchev–Trinajstić information content (AvgIpc) is 1.59. The van der Waals surface area contributed by atoms with Gasteiger partial charge in [0.05, 0.1) is 0 Å². The van der Waals surface area contributed by atoms with Crippen molar-refractivity contribution in [1.82, 2.24) is 79.1 Å². The number of H-pyrrole nitrogens is 2. The van der Waals surface area contributed by atoms with Gasteiger partial charge in [-0.25, -0.2) is 29.9 Å². The smallest absolute Gasteiger partial charge is 0.164 e. The van der Waals surface area contributed by atoms with Gasteiger partial charge in [-0.15, -0.1) is 94.1 Å². The van der Waals surface area contributed by atoms with E-state index >= 15 is 0 Å². The quantitative estimate of drug-likeness (QED) is 0.0278. The zero-order chi connectivity index (χ0) is 68.4. The Labute approximate surface area is 608 Å². The first-order chi connectivity index (χ1) is 46.2. The minimum Gasteiger partial charge on any atom is -0.324 e. The summed E-state index contributed by atoms with van der Waals surface area (Å²) in [5.74, 6) is 10.5. The van der Waals surface area contributed by atoms with E-state index in [0.29, 0.717) is 23.3 Å². The molecule has 0 atom stereocenters. The fraction of sp³-hybridized carbons (Fsp3) is 0.556. The summed E-state index contributed by atoms with van der Waals surface area (Å²) in [7, 11) is 34.6. The molecule has 96 heavy (non-hydrogen) atoms. The van der Waals surface area contributed by atoms with Crippen molar-refractivity contribution >= 4 is 138 Å². The molecule has 0 aliphatic carbocycles. The van der Waals surface area contributed by atoms with E-state index in [4.69, 9.17) is 29.9 Å². The Hall–Kier alpha value is -3.28. The predicted octanol–water partition coefficient (Wildman–Crippen LogP) is 15.2. The van der Waals surface area contributed by atoms with E-state index in [0.717, 1.165) is 216 Å². The molecule has 2 aliphatic rings. The van der Waals surface area contributed by atoms with Crippen LogP contribution in [0.3, 0.4) is 0 Å². The van der Waals surface area contributed by atoms with Gasteiger partial charge in [-0.05, 0) is 311 Å². The first kappa shape index (κ1) is 76.9. The van der Waals surface area contributed by atoms with Crippen LogP contribution >= 0.6 is 94.1 Å². The van der Waals surface area contributed by atoms with Crippen molar-refractivity contribution in [3.8, 4) is 45.6 Å². The third kappa shape index (κ3) is 22.4. The van der Waals surface area contributed by atoms with E-state index in [2.05, 4.69) is 210 Å². The molecule has 522 valence electrons. The number of hydrogen-bond donors (Lipinski definition) is 2. The van der Waals surface area contributed by atoms with Gasteiger partial charge in [0.25, 0.3) is 0 Å². The van der Waals surface area contributed by atoms with Crippen LogP contribution in [0.5, 0.6) is 0 Å². The zero-order valence-corrected chi connectivity index (χ0v) is 66.6. The van der Waals surface area contributed by atoms with Gasteiger partial charge in [-0.1, -0.05) is 0 Å². The van der Waals surface area contributed by atoms with Crippen LogP contribution in [0.25, 0.3) is 89.7 Å². The molecule has 2 aliphatic heterocycles. The number of thioether (sulfide) groups is 8. The van der Waals surface area contributed by atoms with Gasteiger partial charge >= 0.3 is 0 Å². The number of nitrogens with zero attached hydrogens (tertiary/aromatic N) is 14. The summed E-state index contributed by atoms with van der Waals surface area (Å²) in [5, 5.41) is 4.02. The van der Waals surface area contributed by atoms with Crippen molar-refractivity contribution in [3.05, 3.63) is 48.5 Å². The molecule has 0 radical (unpaired) electrons. The Balaban J connectivity index is 1.38. The van der Waals surface area contributed by atoms with E-state index in [-0.39, 0.29) is 0 Å². The lowest BCUT2D eigenvalue weighted by Crippen LogP contribution is -2.13. The van der Waals surface area contributed by atoms with Gasteiger partial charge in [0, 0.05) is 83.0 Å². The van der Waals surface area contributed by atoms with Crippen LogP contribution in [-0.4, -0.2) is 290 Å². The Kier molecular flexibility index (Phi) is 30.5. The standard InChI is InChI=1S/C72H106N16S8/c1-81(2)25-17-33-89-57-41-49-50(42-58(57)90-34-18-26-82(3)4)66-73-65(49)77-67-51-43-59(91-35-19-27-83(5)6)60(92-36-20-28-84(7)8)44-52(51)69(74-67)79-71-55-47-63(95-39-23-31-87(13)14)64(96-40-24-32-88(15)16)48-56(55)72(76-71)80-70-54-46-62(94-38-22-30-86(11)12)61(93-37-21-29-85(9)10)45-53(54)68(75-70)78-66/h41-48H,17-40H2,1-16H3,(H2,73,74,75,76,77,78,79,80). The lowest BCUT2D eigenvalue weighted by molar-refractivity contribution is 0.410. The lowest BCUT2D eigenvalue weighted by atomic mass is 10.1. The van der Waals surface area contributed by atoms with Crippen LogP contribution in [0, 0.1) is 0 Å². The maximum absolute atomic E-state index is 5.76. The minimum atomic E-state index is 0.632. The molecular formula is C72H106N16S8. The summed E-state index contributed by atoms with van der Waals surface area (Å²) >= 11 is 15.6. The molecule has 0 saturated heterocycles. The van der Waals surface area contributed by atoms with E-state index in [1.165, 1.54) is 39.2 Å². The number of benzene rings is 4. The lowest BCUT2D eigenvalue weighted by Gasteiger charge is -2.14. The molecule has 0 spiro atoms. The summed E-state index contributed by atoms with van der Waals surface area (Å²) in [4.78, 5) is 70.3. The summed E-state index contributed by atoms with van der Waals surface area (Å²) in [6.07, 6.45) is 8.61. The van der Waals surface area contributed by atoms with E-state index in [1.807, 2.05) is 94.1 Å². The number of hydrogen-bond acceptors (Lipinski definition) is 22. The molecule has 3 aromatic heterocycles. The highest BCUT2D eigenvalue weighted by Gasteiger charge is 2.27. The molecular weight excluding hydrogens is 1350 g/mol. The van der Waals surface area contributed by atoms with Crippen molar-refractivity contribution in [1.29, 1.82) is 0 Å². The van der Waals surface area contributed by atoms with Crippen molar-refractivity contribution in [3.63, 3.8) is 0 Å². The van der Waals surface area contributed by atoms with Crippen molar-refractivity contribution in [2.45, 2.75) is 90.5 Å². The van der Waals surface area contributed by atoms with Crippen LogP contribution in [0.4, 0.5) is 0 Å². The molecule has 7 aromatic rings. The number of aromatic nitrogens is 8. The van der Waals surface area contributed by atoms with Crippen molar-refractivity contribution in [2.75, 3.05) is 211 Å². The summed E-state index contributed by atoms with van der Waals surface area (Å²) in [6, 6.07) is 19.0. The van der Waals surface area contributed by atoms with E-state index < -0.39 is 0 Å². The van der Waals surface area contributed by atoms with Gasteiger partial charge in [0.15, 0.2) is 23.3 Å². The van der Waals surface area contributed by atoms with Crippen LogP contribution in [0.15, 0.2) is 87.7 Å². The van der Waals surface area contributed by atoms with Crippen molar-refractivity contribution < 1.29 is 0 Å². The SMILES string of the molecule is CN(C)CCCSc1cc2c(cc1SCCCN(C)C)-c1nc-2nc2[nH]c(nc3nc(nc4[nH]c(n1)c1cc(SCCCN(C)C)c(SCCCN(C)C)cc41)-c1cc(SCCCN(C)C)c(SCCCN(C)C)cc1-3)c1cc(SCCCN(C)C)c(SCCCN(C)C)cc21. The molecule has 0 fully saturated rings. The molecule has 0 saturated carbocycles. The summed E-state index contributed by atoms with van der Waals surface area (Å²) in [5.41, 5.74) is 6.79. The van der Waals surface area contributed by atoms with Gasteiger partial charge in [-0.2, -0.15) is 0 Å². The second-order valence-corrected chi connectivity index (χ2v) is 36.1. The summed E-state index contributed by atoms with van der Waals surface area (Å²) < 4.78 is 0. The average molecular weight is 1450 g/mol. The molecule has 2 N–H and O–H groups in total. The molecule has 4 aromatic carbocycles. The molecule has 5 heterocycles. The highest BCUT2D eigenvalue weighted by molar-refractivity contribution is 8.03. The van der Waals surface area contributed by atoms with E-state index in [1.54, 1.807) is 0 Å². The summed E-state index contributed by atoms with van der Waals surface area (Å²) in [6.45, 7) is 8.22. The maximum Gasteiger partial charge on any atom is 0.164 e. The first-order valence-electron chi connectivity index (χ1n) is 33.9. The van der Waals surface area contributed by atoms with Gasteiger partial charge < -0.3 is 49.2 Å². The van der Waals surface area contributed by atoms with Crippen LogP contribution in [0.1, 0.15) is 51.4 Å². The Morgan fingerprint density at radius 3 is 0.542 bits per heavy atom. The molecule has 8 bridgehead atoms. The van der Waals surface area contributed by atoms with Crippen LogP contribution in [0.2, 0.25) is 0 Å². The maximum atomic E-state index is 5.76. The largest absolute Gasteiger partial charge is 0.324 e. The third-order valence-corrected chi connectivity index (χ3v) is 25.8. The Morgan fingerprint density at radius 2 is 0.385 bits per heavy atom. The Morgan fingerprint density at radius 1 is 0.229 bits per heavy atom. The van der Waals surface area contributed by atoms with E-state index in [9.17, 15) is 0 Å². The molecule has 0 amide bonds. The molecule has 24 heteroatoms. The fourth-order valence-corrected chi connectivity index (χ4v) is 19.8. The monoisotopic (exact) mass is 1450 g/mol. The number of nitrogens with one attached hydrogen (secondary N) is 2. The molecule has 9 rings (SSSR count). The minimum absolute atomic E-state index is 0.632. The number of rotatable bonds is 40. The Bertz CT molecular complexity index is 3370. The van der Waals surface area contributed by atoms with Gasteiger partial charge in [0.2, 0.25) is 0 Å². The fourth-order valence-electron chi connectivity index (χ4n) is 11.2. The number of fused-ring (bicyclic) bond motifs is 20. The number of aromatic amines is 2. The normalized spacial score (nSPS) is 12.6. The third-order valence-electron chi connectivity index (χ3n) is 16.1. The second kappa shape index (κ2) is 38.1. The first-order valence-corrected chi connectivity index (χ1v) is 41.8. The predicted molar refractivity (Wildman–Crippen MR) is 427 cm³/mol. The van der Waals surface area contributed by atoms with Crippen LogP contribution in [-0.2, 0) is 0 Å². The highest BCUT2D eigenvalue weighted by Crippen LogP contribution is 2.47. The van der Waals surface area contributed by atoms with Crippen LogP contribution < -0.4 is 0 Å².